The molecule has 0 aliphatic carbocycles. The van der Waals surface area contributed by atoms with Gasteiger partial charge in [0.2, 0.25) is 0 Å². The lowest BCUT2D eigenvalue weighted by molar-refractivity contribution is 0.0677. The number of hydrogen-bond donors (Lipinski definition) is 1. The van der Waals surface area contributed by atoms with Crippen molar-refractivity contribution in [3.05, 3.63) is 76.4 Å². The zero-order valence-corrected chi connectivity index (χ0v) is 13.4. The zero-order valence-electron chi connectivity index (χ0n) is 12.6. The van der Waals surface area contributed by atoms with Crippen molar-refractivity contribution in [2.45, 2.75) is 12.5 Å². The van der Waals surface area contributed by atoms with Gasteiger partial charge < -0.3 is 9.52 Å². The molecule has 6 heteroatoms. The number of amides is 1. The van der Waals surface area contributed by atoms with Crippen molar-refractivity contribution in [3.8, 4) is 5.75 Å². The summed E-state index contributed by atoms with van der Waals surface area (Å²) in [5.74, 6) is 0.0609. The van der Waals surface area contributed by atoms with Gasteiger partial charge in [-0.05, 0) is 35.0 Å². The number of carbonyl (C=O) groups is 1. The molecule has 2 aromatic heterocycles. The summed E-state index contributed by atoms with van der Waals surface area (Å²) in [6.45, 7) is 0. The number of rotatable bonds is 3. The van der Waals surface area contributed by atoms with Crippen LogP contribution >= 0.6 is 11.3 Å². The van der Waals surface area contributed by atoms with Gasteiger partial charge in [0.15, 0.2) is 5.76 Å². The number of nitrogens with zero attached hydrogens (tertiary/aromatic N) is 2. The van der Waals surface area contributed by atoms with E-state index in [0.717, 1.165) is 11.3 Å². The highest BCUT2D eigenvalue weighted by atomic mass is 32.1. The highest BCUT2D eigenvalue weighted by Gasteiger charge is 2.36. The molecule has 1 amide bonds. The van der Waals surface area contributed by atoms with Gasteiger partial charge in [-0.15, -0.1) is 0 Å². The molecular formula is C18H14N2O3S. The minimum Gasteiger partial charge on any atom is -0.508 e. The number of hydrogen-bond acceptors (Lipinski definition) is 5. The van der Waals surface area contributed by atoms with Gasteiger partial charge in [0, 0.05) is 17.5 Å². The molecule has 120 valence electrons. The molecule has 0 spiro atoms. The molecule has 1 aliphatic heterocycles. The van der Waals surface area contributed by atoms with Gasteiger partial charge in [0.05, 0.1) is 18.0 Å². The molecule has 4 rings (SSSR count). The fourth-order valence-corrected chi connectivity index (χ4v) is 3.49. The molecule has 24 heavy (non-hydrogen) atoms. The monoisotopic (exact) mass is 338 g/mol. The summed E-state index contributed by atoms with van der Waals surface area (Å²) in [4.78, 5) is 12.8. The summed E-state index contributed by atoms with van der Waals surface area (Å²) in [5, 5.41) is 20.1. The Balaban J connectivity index is 1.75. The van der Waals surface area contributed by atoms with Crippen LogP contribution in [0.4, 0.5) is 0 Å². The van der Waals surface area contributed by atoms with Crippen LogP contribution in [-0.2, 0) is 0 Å². The molecule has 0 unspecified atom stereocenters. The van der Waals surface area contributed by atoms with E-state index in [4.69, 9.17) is 4.42 Å². The van der Waals surface area contributed by atoms with Crippen LogP contribution in [0.2, 0.25) is 0 Å². The molecule has 1 aliphatic rings. The zero-order chi connectivity index (χ0) is 16.5. The fourth-order valence-electron chi connectivity index (χ4n) is 2.83. The number of furan rings is 1. The third kappa shape index (κ3) is 2.51. The fraction of sp³-hybridized carbons (Fsp3) is 0.111. The maximum absolute atomic E-state index is 12.8. The SMILES string of the molecule is O=C(c1ccco1)N1N=C(c2ccsc2)C[C@@H]1c1ccccc1O. The van der Waals surface area contributed by atoms with E-state index in [1.807, 2.05) is 29.0 Å². The average Bonchev–Trinajstić information content (AvgIpc) is 3.34. The van der Waals surface area contributed by atoms with Gasteiger partial charge in [-0.3, -0.25) is 4.79 Å². The Morgan fingerprint density at radius 2 is 2.12 bits per heavy atom. The number of hydrazone groups is 1. The molecule has 1 aromatic carbocycles. The van der Waals surface area contributed by atoms with Crippen LogP contribution < -0.4 is 0 Å². The minimum atomic E-state index is -0.362. The first-order chi connectivity index (χ1) is 11.7. The predicted molar refractivity (Wildman–Crippen MR) is 91.2 cm³/mol. The highest BCUT2D eigenvalue weighted by Crippen LogP contribution is 2.37. The minimum absolute atomic E-state index is 0.154. The Labute approximate surface area is 142 Å². The average molecular weight is 338 g/mol. The summed E-state index contributed by atoms with van der Waals surface area (Å²) in [6.07, 6.45) is 2.00. The predicted octanol–water partition coefficient (Wildman–Crippen LogP) is 4.04. The van der Waals surface area contributed by atoms with Crippen molar-refractivity contribution in [2.24, 2.45) is 5.10 Å². The van der Waals surface area contributed by atoms with E-state index in [9.17, 15) is 9.90 Å². The second-order valence-electron chi connectivity index (χ2n) is 5.46. The summed E-state index contributed by atoms with van der Waals surface area (Å²) in [5.41, 5.74) is 2.49. The number of para-hydroxylation sites is 1. The van der Waals surface area contributed by atoms with Gasteiger partial charge in [-0.25, -0.2) is 5.01 Å². The number of phenols is 1. The quantitative estimate of drug-likeness (QED) is 0.784. The highest BCUT2D eigenvalue weighted by molar-refractivity contribution is 7.08. The number of phenolic OH excluding ortho intramolecular Hbond substituents is 1. The number of benzene rings is 1. The lowest BCUT2D eigenvalue weighted by Crippen LogP contribution is -2.26. The normalized spacial score (nSPS) is 17.1. The summed E-state index contributed by atoms with van der Waals surface area (Å²) in [6, 6.07) is 11.9. The van der Waals surface area contributed by atoms with Crippen LogP contribution in [0.3, 0.4) is 0 Å². The van der Waals surface area contributed by atoms with E-state index in [1.54, 1.807) is 35.6 Å². The standard InChI is InChI=1S/C18H14N2O3S/c21-16-5-2-1-4-13(16)15-10-14(12-7-9-24-11-12)19-20(15)18(22)17-6-3-8-23-17/h1-9,11,15,21H,10H2/t15-/m1/s1. The number of carbonyl (C=O) groups excluding carboxylic acids is 1. The summed E-state index contributed by atoms with van der Waals surface area (Å²) < 4.78 is 5.23. The molecule has 3 heterocycles. The van der Waals surface area contributed by atoms with Crippen molar-refractivity contribution in [1.82, 2.24) is 5.01 Å². The van der Waals surface area contributed by atoms with Crippen LogP contribution in [0.25, 0.3) is 0 Å². The molecule has 0 saturated heterocycles. The molecule has 0 fully saturated rings. The Bertz CT molecular complexity index is 885. The number of thiophene rings is 1. The van der Waals surface area contributed by atoms with Gasteiger partial charge in [0.1, 0.15) is 5.75 Å². The molecule has 1 N–H and O–H groups in total. The second kappa shape index (κ2) is 5.98. The second-order valence-corrected chi connectivity index (χ2v) is 6.24. The van der Waals surface area contributed by atoms with E-state index >= 15 is 0 Å². The van der Waals surface area contributed by atoms with E-state index in [2.05, 4.69) is 5.10 Å². The first kappa shape index (κ1) is 14.7. The van der Waals surface area contributed by atoms with Crippen molar-refractivity contribution < 1.29 is 14.3 Å². The van der Waals surface area contributed by atoms with E-state index in [1.165, 1.54) is 11.3 Å². The molecule has 0 radical (unpaired) electrons. The third-order valence-electron chi connectivity index (χ3n) is 4.00. The summed E-state index contributed by atoms with van der Waals surface area (Å²) >= 11 is 1.58. The van der Waals surface area contributed by atoms with Crippen LogP contribution in [-0.4, -0.2) is 21.7 Å². The molecule has 0 saturated carbocycles. The molecule has 3 aromatic rings. The Morgan fingerprint density at radius 1 is 1.25 bits per heavy atom. The lowest BCUT2D eigenvalue weighted by Gasteiger charge is -2.21. The third-order valence-corrected chi connectivity index (χ3v) is 4.68. The van der Waals surface area contributed by atoms with E-state index in [-0.39, 0.29) is 23.5 Å². The summed E-state index contributed by atoms with van der Waals surface area (Å²) in [7, 11) is 0. The van der Waals surface area contributed by atoms with E-state index < -0.39 is 0 Å². The van der Waals surface area contributed by atoms with Crippen molar-refractivity contribution in [1.29, 1.82) is 0 Å². The van der Waals surface area contributed by atoms with Gasteiger partial charge in [0.25, 0.3) is 0 Å². The van der Waals surface area contributed by atoms with Crippen LogP contribution in [0, 0.1) is 0 Å². The smallest absolute Gasteiger partial charge is 0.310 e. The first-order valence-electron chi connectivity index (χ1n) is 7.49. The maximum Gasteiger partial charge on any atom is 0.310 e. The Morgan fingerprint density at radius 3 is 2.83 bits per heavy atom. The van der Waals surface area contributed by atoms with Crippen LogP contribution in [0.5, 0.6) is 5.75 Å². The van der Waals surface area contributed by atoms with Gasteiger partial charge >= 0.3 is 5.91 Å². The number of aromatic hydroxyl groups is 1. The van der Waals surface area contributed by atoms with Crippen LogP contribution in [0.15, 0.2) is 69.0 Å². The van der Waals surface area contributed by atoms with E-state index in [0.29, 0.717) is 12.0 Å². The Kier molecular flexibility index (Phi) is 3.66. The molecule has 1 atom stereocenters. The largest absolute Gasteiger partial charge is 0.508 e. The topological polar surface area (TPSA) is 66.0 Å². The Hall–Kier alpha value is -2.86. The van der Waals surface area contributed by atoms with Crippen molar-refractivity contribution >= 4 is 23.0 Å². The molecule has 5 nitrogen and oxygen atoms in total. The van der Waals surface area contributed by atoms with Gasteiger partial charge in [-0.2, -0.15) is 16.4 Å². The first-order valence-corrected chi connectivity index (χ1v) is 8.43. The van der Waals surface area contributed by atoms with Gasteiger partial charge in [-0.1, -0.05) is 18.2 Å². The lowest BCUT2D eigenvalue weighted by atomic mass is 9.99. The van der Waals surface area contributed by atoms with Crippen molar-refractivity contribution in [3.63, 3.8) is 0 Å². The van der Waals surface area contributed by atoms with Crippen LogP contribution in [0.1, 0.15) is 34.1 Å². The van der Waals surface area contributed by atoms with Crippen molar-refractivity contribution in [2.75, 3.05) is 0 Å². The molecule has 0 bridgehead atoms. The maximum atomic E-state index is 12.8. The molecular weight excluding hydrogens is 324 g/mol.